The molecule has 0 aromatic heterocycles. The zero-order valence-electron chi connectivity index (χ0n) is 17.1. The molecule has 1 N–H and O–H groups in total. The smallest absolute Gasteiger partial charge is 0.309 e. The van der Waals surface area contributed by atoms with E-state index >= 15 is 0 Å². The van der Waals surface area contributed by atoms with E-state index in [2.05, 4.69) is 5.32 Å². The lowest BCUT2D eigenvalue weighted by Gasteiger charge is -2.33. The molecule has 1 aromatic carbocycles. The van der Waals surface area contributed by atoms with E-state index in [0.29, 0.717) is 50.6 Å². The zero-order valence-corrected chi connectivity index (χ0v) is 17.9. The number of hydrogen-bond acceptors (Lipinski definition) is 7. The van der Waals surface area contributed by atoms with Crippen molar-refractivity contribution < 1.29 is 23.9 Å². The zero-order chi connectivity index (χ0) is 21.7. The van der Waals surface area contributed by atoms with Gasteiger partial charge in [0.1, 0.15) is 11.3 Å². The molecule has 0 spiro atoms. The standard InChI is InChI=1S/C21H25N3O5S/c1-3-28-16-7-5-15(6-8-16)24-19(26)17(18(25)22-21(24)30)13-23-11-9-14(10-12-23)20(27)29-4-2/h5-8,13-14H,3-4,9-12H2,1-2H3,(H,22,25,30). The van der Waals surface area contributed by atoms with Crippen molar-refractivity contribution in [3.8, 4) is 5.75 Å². The second-order valence-electron chi connectivity index (χ2n) is 6.93. The first-order valence-electron chi connectivity index (χ1n) is 9.99. The van der Waals surface area contributed by atoms with Gasteiger partial charge in [-0.25, -0.2) is 0 Å². The number of carbonyl (C=O) groups is 3. The fourth-order valence-electron chi connectivity index (χ4n) is 3.44. The molecule has 9 heteroatoms. The molecule has 160 valence electrons. The van der Waals surface area contributed by atoms with E-state index in [1.165, 1.54) is 4.90 Å². The van der Waals surface area contributed by atoms with Crippen molar-refractivity contribution in [2.75, 3.05) is 31.2 Å². The molecule has 0 saturated carbocycles. The van der Waals surface area contributed by atoms with Crippen molar-refractivity contribution in [1.82, 2.24) is 10.2 Å². The van der Waals surface area contributed by atoms with Crippen LogP contribution in [0, 0.1) is 5.92 Å². The van der Waals surface area contributed by atoms with Crippen molar-refractivity contribution in [1.29, 1.82) is 0 Å². The number of nitrogens with one attached hydrogen (secondary N) is 1. The Morgan fingerprint density at radius 3 is 2.43 bits per heavy atom. The van der Waals surface area contributed by atoms with Crippen LogP contribution in [-0.4, -0.2) is 54.1 Å². The molecule has 2 amide bonds. The van der Waals surface area contributed by atoms with Crippen LogP contribution in [-0.2, 0) is 19.1 Å². The van der Waals surface area contributed by atoms with Gasteiger partial charge in [0.2, 0.25) is 0 Å². The highest BCUT2D eigenvalue weighted by Crippen LogP contribution is 2.25. The number of ether oxygens (including phenoxy) is 2. The lowest BCUT2D eigenvalue weighted by atomic mass is 9.97. The lowest BCUT2D eigenvalue weighted by Crippen LogP contribution is -2.54. The fraction of sp³-hybridized carbons (Fsp3) is 0.429. The summed E-state index contributed by atoms with van der Waals surface area (Å²) < 4.78 is 10.5. The molecule has 30 heavy (non-hydrogen) atoms. The van der Waals surface area contributed by atoms with Gasteiger partial charge in [0, 0.05) is 19.3 Å². The van der Waals surface area contributed by atoms with Crippen molar-refractivity contribution in [3.63, 3.8) is 0 Å². The molecule has 2 aliphatic rings. The third-order valence-electron chi connectivity index (χ3n) is 4.97. The molecule has 2 saturated heterocycles. The average Bonchev–Trinajstić information content (AvgIpc) is 2.73. The van der Waals surface area contributed by atoms with Gasteiger partial charge in [-0.2, -0.15) is 0 Å². The van der Waals surface area contributed by atoms with Gasteiger partial charge in [0.25, 0.3) is 11.8 Å². The van der Waals surface area contributed by atoms with Crippen molar-refractivity contribution in [2.45, 2.75) is 26.7 Å². The maximum atomic E-state index is 13.1. The third-order valence-corrected chi connectivity index (χ3v) is 5.25. The first kappa shape index (κ1) is 21.8. The highest BCUT2D eigenvalue weighted by Gasteiger charge is 2.35. The van der Waals surface area contributed by atoms with E-state index in [1.54, 1.807) is 37.4 Å². The van der Waals surface area contributed by atoms with Crippen LogP contribution in [0.2, 0.25) is 0 Å². The van der Waals surface area contributed by atoms with Crippen LogP contribution >= 0.6 is 12.2 Å². The normalized spacial score (nSPS) is 19.1. The molecule has 2 heterocycles. The van der Waals surface area contributed by atoms with Gasteiger partial charge in [-0.05, 0) is 63.2 Å². The molecule has 1 aromatic rings. The number of amides is 2. The first-order valence-corrected chi connectivity index (χ1v) is 10.4. The number of piperidine rings is 1. The molecular formula is C21H25N3O5S. The predicted molar refractivity (Wildman–Crippen MR) is 115 cm³/mol. The van der Waals surface area contributed by atoms with Gasteiger partial charge in [0.15, 0.2) is 5.11 Å². The highest BCUT2D eigenvalue weighted by molar-refractivity contribution is 7.80. The van der Waals surface area contributed by atoms with Gasteiger partial charge in [0.05, 0.1) is 24.8 Å². The van der Waals surface area contributed by atoms with Gasteiger partial charge in [-0.15, -0.1) is 0 Å². The maximum absolute atomic E-state index is 13.1. The molecule has 0 atom stereocenters. The van der Waals surface area contributed by atoms with Crippen LogP contribution < -0.4 is 15.0 Å². The summed E-state index contributed by atoms with van der Waals surface area (Å²) in [4.78, 5) is 40.6. The Kier molecular flexibility index (Phi) is 7.04. The predicted octanol–water partition coefficient (Wildman–Crippen LogP) is 1.99. The summed E-state index contributed by atoms with van der Waals surface area (Å²) in [6.07, 6.45) is 2.78. The second kappa shape index (κ2) is 9.71. The van der Waals surface area contributed by atoms with Crippen molar-refractivity contribution >= 4 is 40.8 Å². The molecule has 0 aliphatic carbocycles. The van der Waals surface area contributed by atoms with E-state index in [0.717, 1.165) is 0 Å². The Morgan fingerprint density at radius 1 is 1.17 bits per heavy atom. The molecule has 0 radical (unpaired) electrons. The fourth-order valence-corrected chi connectivity index (χ4v) is 3.72. The van der Waals surface area contributed by atoms with Gasteiger partial charge >= 0.3 is 5.97 Å². The second-order valence-corrected chi connectivity index (χ2v) is 7.32. The van der Waals surface area contributed by atoms with Crippen LogP contribution in [0.1, 0.15) is 26.7 Å². The largest absolute Gasteiger partial charge is 0.494 e. The van der Waals surface area contributed by atoms with E-state index < -0.39 is 11.8 Å². The number of hydrogen-bond donors (Lipinski definition) is 1. The number of carbonyl (C=O) groups excluding carboxylic acids is 3. The molecule has 2 aliphatic heterocycles. The highest BCUT2D eigenvalue weighted by atomic mass is 32.1. The topological polar surface area (TPSA) is 88.2 Å². The SMILES string of the molecule is CCOC(=O)C1CCN(C=C2C(=O)NC(=S)N(c3ccc(OCC)cc3)C2=O)CC1. The molecule has 0 bridgehead atoms. The number of nitrogens with zero attached hydrogens (tertiary/aromatic N) is 2. The summed E-state index contributed by atoms with van der Waals surface area (Å²) in [5.74, 6) is -0.673. The Balaban J connectivity index is 1.73. The Hall–Kier alpha value is -2.94. The summed E-state index contributed by atoms with van der Waals surface area (Å²) in [5, 5.41) is 2.61. The van der Waals surface area contributed by atoms with Crippen molar-refractivity contribution in [2.24, 2.45) is 5.92 Å². The summed E-state index contributed by atoms with van der Waals surface area (Å²) in [6.45, 7) is 5.68. The number of anilines is 1. The lowest BCUT2D eigenvalue weighted by molar-refractivity contribution is -0.149. The van der Waals surface area contributed by atoms with Gasteiger partial charge in [-0.3, -0.25) is 24.6 Å². The van der Waals surface area contributed by atoms with E-state index in [9.17, 15) is 14.4 Å². The summed E-state index contributed by atoms with van der Waals surface area (Å²) in [7, 11) is 0. The van der Waals surface area contributed by atoms with E-state index in [1.807, 2.05) is 11.8 Å². The van der Waals surface area contributed by atoms with Crippen LogP contribution in [0.3, 0.4) is 0 Å². The quantitative estimate of drug-likeness (QED) is 0.319. The minimum Gasteiger partial charge on any atom is -0.494 e. The molecule has 0 unspecified atom stereocenters. The number of thiocarbonyl (C=S) groups is 1. The summed E-state index contributed by atoms with van der Waals surface area (Å²) in [6, 6.07) is 6.92. The molecule has 8 nitrogen and oxygen atoms in total. The molecule has 2 fully saturated rings. The molecule has 3 rings (SSSR count). The number of benzene rings is 1. The summed E-state index contributed by atoms with van der Waals surface area (Å²) in [5.41, 5.74) is 0.549. The van der Waals surface area contributed by atoms with Crippen LogP contribution in [0.4, 0.5) is 5.69 Å². The van der Waals surface area contributed by atoms with Crippen LogP contribution in [0.15, 0.2) is 36.0 Å². The van der Waals surface area contributed by atoms with E-state index in [4.69, 9.17) is 21.7 Å². The van der Waals surface area contributed by atoms with Gasteiger partial charge in [-0.1, -0.05) is 0 Å². The first-order chi connectivity index (χ1) is 14.4. The molecular weight excluding hydrogens is 406 g/mol. The van der Waals surface area contributed by atoms with E-state index in [-0.39, 0.29) is 22.6 Å². The number of likely N-dealkylation sites (tertiary alicyclic amines) is 1. The van der Waals surface area contributed by atoms with Crippen molar-refractivity contribution in [3.05, 3.63) is 36.0 Å². The Morgan fingerprint density at radius 2 is 1.83 bits per heavy atom. The minimum atomic E-state index is -0.528. The Bertz CT molecular complexity index is 860. The number of esters is 1. The van der Waals surface area contributed by atoms with Crippen LogP contribution in [0.5, 0.6) is 5.75 Å². The average molecular weight is 432 g/mol. The number of rotatable bonds is 6. The third kappa shape index (κ3) is 4.79. The van der Waals surface area contributed by atoms with Gasteiger partial charge < -0.3 is 14.4 Å². The Labute approximate surface area is 180 Å². The maximum Gasteiger partial charge on any atom is 0.309 e. The summed E-state index contributed by atoms with van der Waals surface area (Å²) >= 11 is 5.22. The van der Waals surface area contributed by atoms with Crippen LogP contribution in [0.25, 0.3) is 0 Å². The minimum absolute atomic E-state index is 0.00655. The monoisotopic (exact) mass is 431 g/mol.